The third kappa shape index (κ3) is 3.22. The molecule has 0 spiro atoms. The van der Waals surface area contributed by atoms with E-state index in [1.807, 2.05) is 0 Å². The van der Waals surface area contributed by atoms with E-state index in [1.54, 1.807) is 0 Å². The lowest BCUT2D eigenvalue weighted by Crippen LogP contribution is -1.88. The van der Waals surface area contributed by atoms with Crippen LogP contribution in [0.4, 0.5) is 0 Å². The van der Waals surface area contributed by atoms with Gasteiger partial charge in [-0.1, -0.05) is 79.7 Å². The third-order valence-corrected chi connectivity index (χ3v) is 3.67. The van der Waals surface area contributed by atoms with Crippen LogP contribution in [0.1, 0.15) is 12.0 Å². The summed E-state index contributed by atoms with van der Waals surface area (Å²) in [5.41, 5.74) is 6.44. The zero-order valence-electron chi connectivity index (χ0n) is 12.1. The average Bonchev–Trinajstić information content (AvgIpc) is 2.56. The Labute approximate surface area is 127 Å². The Morgan fingerprint density at radius 2 is 1.05 bits per heavy atom. The smallest absolute Gasteiger partial charge is 0.0175 e. The van der Waals surface area contributed by atoms with Crippen LogP contribution in [0, 0.1) is 6.92 Å². The van der Waals surface area contributed by atoms with Gasteiger partial charge in [-0.25, -0.2) is 0 Å². The van der Waals surface area contributed by atoms with Crippen LogP contribution in [0.3, 0.4) is 0 Å². The first-order valence-electron chi connectivity index (χ1n) is 7.41. The van der Waals surface area contributed by atoms with Gasteiger partial charge in [0, 0.05) is 0 Å². The van der Waals surface area contributed by atoms with Crippen molar-refractivity contribution in [3.05, 3.63) is 91.3 Å². The molecular weight excluding hydrogens is 252 g/mol. The van der Waals surface area contributed by atoms with Gasteiger partial charge >= 0.3 is 0 Å². The van der Waals surface area contributed by atoms with Gasteiger partial charge in [-0.15, -0.1) is 0 Å². The van der Waals surface area contributed by atoms with E-state index < -0.39 is 0 Å². The minimum absolute atomic E-state index is 0.923. The van der Waals surface area contributed by atoms with E-state index in [1.165, 1.54) is 27.8 Å². The Bertz CT molecular complexity index is 639. The lowest BCUT2D eigenvalue weighted by molar-refractivity contribution is 1.00. The number of aryl methyl sites for hydroxylation is 1. The fraction of sp³-hybridized carbons (Fsp3) is 0.0952. The van der Waals surface area contributed by atoms with Crippen LogP contribution in [0.25, 0.3) is 22.3 Å². The molecule has 3 rings (SSSR count). The topological polar surface area (TPSA) is 0 Å². The van der Waals surface area contributed by atoms with Crippen LogP contribution >= 0.6 is 0 Å². The Hall–Kier alpha value is -2.34. The maximum atomic E-state index is 3.99. The summed E-state index contributed by atoms with van der Waals surface area (Å²) in [7, 11) is 0. The Morgan fingerprint density at radius 3 is 1.48 bits per heavy atom. The van der Waals surface area contributed by atoms with Crippen molar-refractivity contribution in [3.63, 3.8) is 0 Å². The van der Waals surface area contributed by atoms with Crippen molar-refractivity contribution in [1.82, 2.24) is 0 Å². The summed E-state index contributed by atoms with van der Waals surface area (Å²) in [6.07, 6.45) is 1.94. The van der Waals surface area contributed by atoms with Crippen LogP contribution in [0.2, 0.25) is 0 Å². The van der Waals surface area contributed by atoms with Crippen molar-refractivity contribution in [3.8, 4) is 22.3 Å². The van der Waals surface area contributed by atoms with E-state index in [0.29, 0.717) is 0 Å². The third-order valence-electron chi connectivity index (χ3n) is 3.67. The Balaban J connectivity index is 2.11. The highest BCUT2D eigenvalue weighted by molar-refractivity contribution is 5.74. The standard InChI is InChI=1S/C21H19/c1-2-9-17-14-20(18-10-5-3-6-11-18)16-21(15-17)19-12-7-4-8-13-19/h3-8,10-16H,1-2,9H2. The van der Waals surface area contributed by atoms with Gasteiger partial charge in [0.25, 0.3) is 0 Å². The van der Waals surface area contributed by atoms with E-state index in [-0.39, 0.29) is 0 Å². The molecule has 0 unspecified atom stereocenters. The molecule has 0 aliphatic rings. The van der Waals surface area contributed by atoms with Crippen molar-refractivity contribution in [1.29, 1.82) is 0 Å². The number of rotatable bonds is 4. The predicted octanol–water partition coefficient (Wildman–Crippen LogP) is 5.79. The molecule has 0 heteroatoms. The van der Waals surface area contributed by atoms with Crippen molar-refractivity contribution < 1.29 is 0 Å². The van der Waals surface area contributed by atoms with Crippen molar-refractivity contribution >= 4 is 0 Å². The number of hydrogen-bond acceptors (Lipinski definition) is 0. The van der Waals surface area contributed by atoms with E-state index in [2.05, 4.69) is 85.8 Å². The van der Waals surface area contributed by atoms with Gasteiger partial charge in [0.05, 0.1) is 0 Å². The van der Waals surface area contributed by atoms with Crippen molar-refractivity contribution in [2.45, 2.75) is 12.8 Å². The minimum Gasteiger partial charge on any atom is -0.0622 e. The second-order valence-corrected chi connectivity index (χ2v) is 5.25. The monoisotopic (exact) mass is 271 g/mol. The maximum absolute atomic E-state index is 3.99. The molecule has 0 aliphatic carbocycles. The maximum Gasteiger partial charge on any atom is -0.0175 e. The molecule has 0 saturated heterocycles. The molecule has 0 saturated carbocycles. The highest BCUT2D eigenvalue weighted by atomic mass is 14.1. The van der Waals surface area contributed by atoms with Crippen LogP contribution < -0.4 is 0 Å². The fourth-order valence-electron chi connectivity index (χ4n) is 2.64. The van der Waals surface area contributed by atoms with Gasteiger partial charge in [-0.2, -0.15) is 0 Å². The van der Waals surface area contributed by atoms with Gasteiger partial charge in [0.2, 0.25) is 0 Å². The second kappa shape index (κ2) is 6.41. The highest BCUT2D eigenvalue weighted by Gasteiger charge is 2.04. The van der Waals surface area contributed by atoms with Gasteiger partial charge < -0.3 is 0 Å². The molecule has 0 aliphatic heterocycles. The lowest BCUT2D eigenvalue weighted by atomic mass is 9.95. The molecule has 3 aromatic rings. The van der Waals surface area contributed by atoms with Crippen LogP contribution in [0.15, 0.2) is 78.9 Å². The summed E-state index contributed by atoms with van der Waals surface area (Å²) in [5.74, 6) is 0. The summed E-state index contributed by atoms with van der Waals surface area (Å²) >= 11 is 0. The minimum atomic E-state index is 0.923. The summed E-state index contributed by atoms with van der Waals surface area (Å²) in [6.45, 7) is 3.99. The van der Waals surface area contributed by atoms with Gasteiger partial charge in [0.1, 0.15) is 0 Å². The van der Waals surface area contributed by atoms with Crippen LogP contribution in [-0.2, 0) is 6.42 Å². The molecule has 0 bridgehead atoms. The van der Waals surface area contributed by atoms with Crippen LogP contribution in [-0.4, -0.2) is 0 Å². The molecule has 0 aromatic heterocycles. The van der Waals surface area contributed by atoms with E-state index in [9.17, 15) is 0 Å². The Morgan fingerprint density at radius 1 is 0.571 bits per heavy atom. The van der Waals surface area contributed by atoms with Gasteiger partial charge in [-0.05, 0) is 46.7 Å². The molecule has 0 amide bonds. The zero-order chi connectivity index (χ0) is 14.5. The molecule has 0 heterocycles. The fourth-order valence-corrected chi connectivity index (χ4v) is 2.64. The molecule has 103 valence electrons. The number of hydrogen-bond donors (Lipinski definition) is 0. The van der Waals surface area contributed by atoms with Crippen LogP contribution in [0.5, 0.6) is 0 Å². The predicted molar refractivity (Wildman–Crippen MR) is 91.0 cm³/mol. The normalized spacial score (nSPS) is 10.5. The van der Waals surface area contributed by atoms with Gasteiger partial charge in [0.15, 0.2) is 0 Å². The molecule has 21 heavy (non-hydrogen) atoms. The first-order valence-corrected chi connectivity index (χ1v) is 7.41. The van der Waals surface area contributed by atoms with Crippen molar-refractivity contribution in [2.24, 2.45) is 0 Å². The van der Waals surface area contributed by atoms with E-state index in [4.69, 9.17) is 0 Å². The summed E-state index contributed by atoms with van der Waals surface area (Å²) in [5, 5.41) is 0. The summed E-state index contributed by atoms with van der Waals surface area (Å²) < 4.78 is 0. The number of benzene rings is 3. The molecular formula is C21H19. The summed E-state index contributed by atoms with van der Waals surface area (Å²) in [6, 6.07) is 28.0. The molecule has 0 N–H and O–H groups in total. The molecule has 0 fully saturated rings. The SMILES string of the molecule is [CH2]CCc1cc(-c2ccccc2)cc(-c2ccccc2)c1. The zero-order valence-corrected chi connectivity index (χ0v) is 12.1. The lowest BCUT2D eigenvalue weighted by Gasteiger charge is -2.10. The summed E-state index contributed by atoms with van der Waals surface area (Å²) in [4.78, 5) is 0. The molecule has 3 aromatic carbocycles. The molecule has 1 radical (unpaired) electrons. The first kappa shape index (κ1) is 13.6. The quantitative estimate of drug-likeness (QED) is 0.563. The first-order chi connectivity index (χ1) is 10.4. The second-order valence-electron chi connectivity index (χ2n) is 5.25. The average molecular weight is 271 g/mol. The molecule has 0 atom stereocenters. The molecule has 0 nitrogen and oxygen atoms in total. The largest absolute Gasteiger partial charge is 0.0622 e. The Kier molecular flexibility index (Phi) is 4.16. The highest BCUT2D eigenvalue weighted by Crippen LogP contribution is 2.28. The van der Waals surface area contributed by atoms with Crippen molar-refractivity contribution in [2.75, 3.05) is 0 Å². The van der Waals surface area contributed by atoms with E-state index >= 15 is 0 Å². The van der Waals surface area contributed by atoms with E-state index in [0.717, 1.165) is 12.8 Å². The van der Waals surface area contributed by atoms with Gasteiger partial charge in [-0.3, -0.25) is 0 Å².